The van der Waals surface area contributed by atoms with Crippen LogP contribution in [0, 0.1) is 11.3 Å². The van der Waals surface area contributed by atoms with Crippen molar-refractivity contribution in [3.63, 3.8) is 0 Å². The van der Waals surface area contributed by atoms with Gasteiger partial charge in [0, 0.05) is 25.2 Å². The third-order valence-corrected chi connectivity index (χ3v) is 4.82. The molecule has 0 radical (unpaired) electrons. The van der Waals surface area contributed by atoms with E-state index < -0.39 is 0 Å². The normalized spacial score (nSPS) is 32.2. The molecule has 2 fully saturated rings. The number of piperidine rings is 1. The summed E-state index contributed by atoms with van der Waals surface area (Å²) in [6, 6.07) is 1.52. The van der Waals surface area contributed by atoms with Gasteiger partial charge in [0.05, 0.1) is 0 Å². The Labute approximate surface area is 101 Å². The fourth-order valence-electron chi connectivity index (χ4n) is 3.46. The van der Waals surface area contributed by atoms with Gasteiger partial charge in [0.25, 0.3) is 0 Å². The predicted octanol–water partition coefficient (Wildman–Crippen LogP) is 2.49. The van der Waals surface area contributed by atoms with Crippen molar-refractivity contribution in [2.75, 3.05) is 19.6 Å². The Kier molecular flexibility index (Phi) is 3.60. The molecule has 94 valence electrons. The zero-order valence-corrected chi connectivity index (χ0v) is 11.4. The Hall–Kier alpha value is -0.0800. The summed E-state index contributed by atoms with van der Waals surface area (Å²) in [4.78, 5) is 2.75. The van der Waals surface area contributed by atoms with E-state index in [9.17, 15) is 0 Å². The van der Waals surface area contributed by atoms with Gasteiger partial charge in [0.2, 0.25) is 0 Å². The Bertz CT molecular complexity index is 237. The van der Waals surface area contributed by atoms with Gasteiger partial charge in [0.15, 0.2) is 0 Å². The molecule has 16 heavy (non-hydrogen) atoms. The maximum atomic E-state index is 3.58. The minimum Gasteiger partial charge on any atom is -0.314 e. The van der Waals surface area contributed by atoms with Crippen LogP contribution >= 0.6 is 0 Å². The zero-order valence-electron chi connectivity index (χ0n) is 11.4. The monoisotopic (exact) mass is 224 g/mol. The summed E-state index contributed by atoms with van der Waals surface area (Å²) in [6.07, 6.45) is 4.42. The largest absolute Gasteiger partial charge is 0.314 e. The lowest BCUT2D eigenvalue weighted by atomic mass is 9.84. The molecule has 2 nitrogen and oxygen atoms in total. The van der Waals surface area contributed by atoms with E-state index in [1.54, 1.807) is 0 Å². The molecule has 0 aromatic carbocycles. The van der Waals surface area contributed by atoms with E-state index in [4.69, 9.17) is 0 Å². The van der Waals surface area contributed by atoms with E-state index in [1.807, 2.05) is 0 Å². The summed E-state index contributed by atoms with van der Waals surface area (Å²) in [5, 5.41) is 3.58. The minimum atomic E-state index is 0.389. The van der Waals surface area contributed by atoms with E-state index in [2.05, 4.69) is 37.9 Å². The highest BCUT2D eigenvalue weighted by molar-refractivity contribution is 4.95. The minimum absolute atomic E-state index is 0.389. The Morgan fingerprint density at radius 1 is 1.38 bits per heavy atom. The first kappa shape index (κ1) is 12.4. The zero-order chi connectivity index (χ0) is 11.8. The molecule has 2 bridgehead atoms. The van der Waals surface area contributed by atoms with Crippen molar-refractivity contribution in [1.82, 2.24) is 10.2 Å². The van der Waals surface area contributed by atoms with Gasteiger partial charge in [-0.2, -0.15) is 0 Å². The lowest BCUT2D eigenvalue weighted by Crippen LogP contribution is -2.48. The molecule has 2 rings (SSSR count). The van der Waals surface area contributed by atoms with Crippen molar-refractivity contribution in [3.05, 3.63) is 0 Å². The summed E-state index contributed by atoms with van der Waals surface area (Å²) in [6.45, 7) is 13.1. The third-order valence-electron chi connectivity index (χ3n) is 4.82. The molecule has 1 aliphatic heterocycles. The summed E-state index contributed by atoms with van der Waals surface area (Å²) >= 11 is 0. The first-order valence-corrected chi connectivity index (χ1v) is 7.00. The molecule has 0 spiro atoms. The van der Waals surface area contributed by atoms with Gasteiger partial charge in [-0.05, 0) is 44.1 Å². The van der Waals surface area contributed by atoms with Gasteiger partial charge in [-0.15, -0.1) is 0 Å². The van der Waals surface area contributed by atoms with E-state index in [0.717, 1.165) is 18.5 Å². The molecular formula is C14H28N2. The van der Waals surface area contributed by atoms with Crippen LogP contribution in [0.15, 0.2) is 0 Å². The summed E-state index contributed by atoms with van der Waals surface area (Å²) in [5.74, 6) is 1.02. The number of hydrogen-bond donors (Lipinski definition) is 1. The average Bonchev–Trinajstić information content (AvgIpc) is 2.78. The van der Waals surface area contributed by atoms with Crippen LogP contribution in [0.1, 0.15) is 47.0 Å². The molecule has 1 saturated heterocycles. The fourth-order valence-corrected chi connectivity index (χ4v) is 3.46. The predicted molar refractivity (Wildman–Crippen MR) is 69.6 cm³/mol. The van der Waals surface area contributed by atoms with E-state index in [-0.39, 0.29) is 0 Å². The van der Waals surface area contributed by atoms with Crippen LogP contribution in [0.2, 0.25) is 0 Å². The lowest BCUT2D eigenvalue weighted by molar-refractivity contribution is 0.116. The van der Waals surface area contributed by atoms with Crippen molar-refractivity contribution >= 4 is 0 Å². The van der Waals surface area contributed by atoms with Gasteiger partial charge in [-0.25, -0.2) is 0 Å². The maximum Gasteiger partial charge on any atom is 0.0102 e. The maximum absolute atomic E-state index is 3.58. The molecule has 1 saturated carbocycles. The lowest BCUT2D eigenvalue weighted by Gasteiger charge is -2.39. The van der Waals surface area contributed by atoms with Crippen LogP contribution in [0.3, 0.4) is 0 Å². The van der Waals surface area contributed by atoms with Crippen molar-refractivity contribution in [1.29, 1.82) is 0 Å². The van der Waals surface area contributed by atoms with Gasteiger partial charge in [-0.1, -0.05) is 20.8 Å². The van der Waals surface area contributed by atoms with Crippen LogP contribution in [0.5, 0.6) is 0 Å². The molecule has 1 N–H and O–H groups in total. The average molecular weight is 224 g/mol. The number of nitrogens with one attached hydrogen (secondary N) is 1. The SMILES string of the molecule is CCNC(C)C(C)(C)CN1CC2CCC1C2. The number of rotatable bonds is 5. The van der Waals surface area contributed by atoms with Crippen molar-refractivity contribution in [3.8, 4) is 0 Å². The molecule has 0 amide bonds. The van der Waals surface area contributed by atoms with Gasteiger partial charge in [0.1, 0.15) is 0 Å². The van der Waals surface area contributed by atoms with Gasteiger partial charge >= 0.3 is 0 Å². The van der Waals surface area contributed by atoms with Gasteiger partial charge in [-0.3, -0.25) is 4.90 Å². The van der Waals surface area contributed by atoms with E-state index in [0.29, 0.717) is 11.5 Å². The smallest absolute Gasteiger partial charge is 0.0102 e. The first-order chi connectivity index (χ1) is 7.53. The second-order valence-electron chi connectivity index (χ2n) is 6.53. The quantitative estimate of drug-likeness (QED) is 0.772. The highest BCUT2D eigenvalue weighted by Gasteiger charge is 2.40. The molecule has 2 aliphatic rings. The number of likely N-dealkylation sites (tertiary alicyclic amines) is 1. The standard InChI is InChI=1S/C14H28N2/c1-5-15-11(2)14(3,4)10-16-9-12-6-7-13(16)8-12/h11-13,15H,5-10H2,1-4H3. The highest BCUT2D eigenvalue weighted by atomic mass is 15.2. The number of hydrogen-bond acceptors (Lipinski definition) is 2. The van der Waals surface area contributed by atoms with Gasteiger partial charge < -0.3 is 5.32 Å². The van der Waals surface area contributed by atoms with E-state index in [1.165, 1.54) is 32.4 Å². The summed E-state index contributed by atoms with van der Waals surface area (Å²) in [5.41, 5.74) is 0.389. The molecular weight excluding hydrogens is 196 g/mol. The Morgan fingerprint density at radius 2 is 2.12 bits per heavy atom. The van der Waals surface area contributed by atoms with Crippen LogP contribution in [-0.4, -0.2) is 36.6 Å². The molecule has 3 atom stereocenters. The molecule has 0 aromatic rings. The third kappa shape index (κ3) is 2.43. The van der Waals surface area contributed by atoms with Crippen LogP contribution in [-0.2, 0) is 0 Å². The number of nitrogens with zero attached hydrogens (tertiary/aromatic N) is 1. The molecule has 1 aliphatic carbocycles. The fraction of sp³-hybridized carbons (Fsp3) is 1.00. The van der Waals surface area contributed by atoms with Crippen molar-refractivity contribution < 1.29 is 0 Å². The number of fused-ring (bicyclic) bond motifs is 2. The van der Waals surface area contributed by atoms with Crippen LogP contribution in [0.4, 0.5) is 0 Å². The van der Waals surface area contributed by atoms with Crippen molar-refractivity contribution in [2.24, 2.45) is 11.3 Å². The van der Waals surface area contributed by atoms with E-state index >= 15 is 0 Å². The topological polar surface area (TPSA) is 15.3 Å². The molecule has 1 heterocycles. The molecule has 0 aromatic heterocycles. The summed E-state index contributed by atoms with van der Waals surface area (Å²) in [7, 11) is 0. The first-order valence-electron chi connectivity index (χ1n) is 7.00. The van der Waals surface area contributed by atoms with Crippen LogP contribution < -0.4 is 5.32 Å². The second kappa shape index (κ2) is 4.66. The van der Waals surface area contributed by atoms with Crippen molar-refractivity contribution in [2.45, 2.75) is 59.0 Å². The molecule has 2 heteroatoms. The highest BCUT2D eigenvalue weighted by Crippen LogP contribution is 2.39. The summed E-state index contributed by atoms with van der Waals surface area (Å²) < 4.78 is 0. The second-order valence-corrected chi connectivity index (χ2v) is 6.53. The Balaban J connectivity index is 1.88. The molecule has 3 unspecified atom stereocenters. The van der Waals surface area contributed by atoms with Crippen LogP contribution in [0.25, 0.3) is 0 Å². The Morgan fingerprint density at radius 3 is 2.62 bits per heavy atom.